The van der Waals surface area contributed by atoms with Gasteiger partial charge in [0.1, 0.15) is 0 Å². The molecule has 1 unspecified atom stereocenters. The first-order chi connectivity index (χ1) is 14.3. The summed E-state index contributed by atoms with van der Waals surface area (Å²) in [7, 11) is 0. The average molecular weight is 427 g/mol. The van der Waals surface area contributed by atoms with Crippen LogP contribution in [0, 0.1) is 5.41 Å². The Kier molecular flexibility index (Phi) is 4.26. The standard InChI is InChI=1S/C23H23ClN2O4/c1-22(2)29-20(27)23(21(28)30-22)13-15-8-9-16(24)12-18(15)26-11-10-25(14-19(23)26)17-6-4-3-5-7-17/h3-9,12,19H,10-11,13-14H2,1-2H3. The molecular weight excluding hydrogens is 404 g/mol. The Bertz CT molecular complexity index is 1000. The van der Waals surface area contributed by atoms with Gasteiger partial charge < -0.3 is 19.3 Å². The largest absolute Gasteiger partial charge is 0.422 e. The minimum absolute atomic E-state index is 0.233. The van der Waals surface area contributed by atoms with Crippen molar-refractivity contribution < 1.29 is 19.1 Å². The van der Waals surface area contributed by atoms with Crippen LogP contribution in [-0.2, 0) is 25.5 Å². The third-order valence-electron chi connectivity index (χ3n) is 6.30. The van der Waals surface area contributed by atoms with E-state index in [1.807, 2.05) is 42.5 Å². The fourth-order valence-corrected chi connectivity index (χ4v) is 5.05. The number of esters is 2. The second-order valence-corrected chi connectivity index (χ2v) is 9.03. The van der Waals surface area contributed by atoms with E-state index in [0.29, 0.717) is 18.1 Å². The van der Waals surface area contributed by atoms with Crippen LogP contribution in [0.4, 0.5) is 11.4 Å². The van der Waals surface area contributed by atoms with Gasteiger partial charge in [0, 0.05) is 56.3 Å². The van der Waals surface area contributed by atoms with Gasteiger partial charge in [0.05, 0.1) is 6.04 Å². The Morgan fingerprint density at radius 1 is 1.00 bits per heavy atom. The number of nitrogens with zero attached hydrogens (tertiary/aromatic N) is 2. The van der Waals surface area contributed by atoms with Crippen LogP contribution >= 0.6 is 11.6 Å². The molecule has 6 nitrogen and oxygen atoms in total. The zero-order chi connectivity index (χ0) is 21.1. The molecule has 2 saturated heterocycles. The van der Waals surface area contributed by atoms with Crippen molar-refractivity contribution in [2.75, 3.05) is 29.4 Å². The summed E-state index contributed by atoms with van der Waals surface area (Å²) in [5.74, 6) is -2.30. The van der Waals surface area contributed by atoms with Crippen molar-refractivity contribution in [2.24, 2.45) is 5.41 Å². The molecule has 3 aliphatic rings. The van der Waals surface area contributed by atoms with Gasteiger partial charge in [0.25, 0.3) is 5.79 Å². The van der Waals surface area contributed by atoms with Crippen LogP contribution in [0.25, 0.3) is 0 Å². The number of carbonyl (C=O) groups is 2. The Hall–Kier alpha value is -2.73. The Morgan fingerprint density at radius 3 is 2.40 bits per heavy atom. The normalized spacial score (nSPS) is 24.0. The predicted molar refractivity (Wildman–Crippen MR) is 114 cm³/mol. The number of anilines is 2. The molecule has 7 heteroatoms. The maximum atomic E-state index is 13.4. The van der Waals surface area contributed by atoms with E-state index in [2.05, 4.69) is 9.80 Å². The number of fused-ring (bicyclic) bond motifs is 4. The van der Waals surface area contributed by atoms with Gasteiger partial charge in [-0.3, -0.25) is 9.59 Å². The van der Waals surface area contributed by atoms with E-state index in [0.717, 1.165) is 23.5 Å². The lowest BCUT2D eigenvalue weighted by Gasteiger charge is -2.55. The molecule has 0 saturated carbocycles. The van der Waals surface area contributed by atoms with Gasteiger partial charge in [0.2, 0.25) is 0 Å². The minimum Gasteiger partial charge on any atom is -0.422 e. The quantitative estimate of drug-likeness (QED) is 0.514. The summed E-state index contributed by atoms with van der Waals surface area (Å²) >= 11 is 6.28. The molecule has 3 aliphatic heterocycles. The summed E-state index contributed by atoms with van der Waals surface area (Å²) in [4.78, 5) is 31.1. The molecule has 5 rings (SSSR count). The summed E-state index contributed by atoms with van der Waals surface area (Å²) in [6.07, 6.45) is 0.233. The van der Waals surface area contributed by atoms with Crippen molar-refractivity contribution >= 4 is 34.9 Å². The zero-order valence-corrected chi connectivity index (χ0v) is 17.7. The lowest BCUT2D eigenvalue weighted by Crippen LogP contribution is -2.71. The second-order valence-electron chi connectivity index (χ2n) is 8.59. The highest BCUT2D eigenvalue weighted by Crippen LogP contribution is 2.48. The molecule has 0 N–H and O–H groups in total. The number of para-hydroxylation sites is 1. The van der Waals surface area contributed by atoms with E-state index < -0.39 is 29.2 Å². The molecule has 156 valence electrons. The number of carbonyl (C=O) groups excluding carboxylic acids is 2. The summed E-state index contributed by atoms with van der Waals surface area (Å²) < 4.78 is 11.2. The third-order valence-corrected chi connectivity index (χ3v) is 6.54. The molecule has 0 amide bonds. The summed E-state index contributed by atoms with van der Waals surface area (Å²) in [5.41, 5.74) is 1.51. The van der Waals surface area contributed by atoms with Crippen molar-refractivity contribution in [1.82, 2.24) is 0 Å². The van der Waals surface area contributed by atoms with E-state index in [1.165, 1.54) is 0 Å². The molecule has 1 spiro atoms. The number of hydrogen-bond acceptors (Lipinski definition) is 6. The molecule has 30 heavy (non-hydrogen) atoms. The van der Waals surface area contributed by atoms with Gasteiger partial charge in [-0.2, -0.15) is 0 Å². The van der Waals surface area contributed by atoms with Crippen LogP contribution < -0.4 is 9.80 Å². The van der Waals surface area contributed by atoms with Crippen LogP contribution in [0.5, 0.6) is 0 Å². The molecule has 0 aromatic heterocycles. The van der Waals surface area contributed by atoms with Gasteiger partial charge in [-0.15, -0.1) is 0 Å². The highest BCUT2D eigenvalue weighted by atomic mass is 35.5. The number of benzene rings is 2. The van der Waals surface area contributed by atoms with Gasteiger partial charge in [-0.25, -0.2) is 0 Å². The van der Waals surface area contributed by atoms with Gasteiger partial charge in [-0.1, -0.05) is 35.9 Å². The maximum absolute atomic E-state index is 13.4. The molecule has 3 heterocycles. The number of hydrogen-bond donors (Lipinski definition) is 0. The highest BCUT2D eigenvalue weighted by Gasteiger charge is 2.64. The molecule has 1 atom stereocenters. The Labute approximate surface area is 180 Å². The minimum atomic E-state index is -1.41. The average Bonchev–Trinajstić information content (AvgIpc) is 2.72. The Morgan fingerprint density at radius 2 is 1.70 bits per heavy atom. The van der Waals surface area contributed by atoms with E-state index in [9.17, 15) is 9.59 Å². The monoisotopic (exact) mass is 426 g/mol. The Balaban J connectivity index is 1.62. The molecule has 2 aromatic carbocycles. The van der Waals surface area contributed by atoms with Gasteiger partial charge >= 0.3 is 11.9 Å². The summed E-state index contributed by atoms with van der Waals surface area (Å²) in [6, 6.07) is 15.2. The fraction of sp³-hybridized carbons (Fsp3) is 0.391. The van der Waals surface area contributed by atoms with Crippen molar-refractivity contribution in [2.45, 2.75) is 32.1 Å². The number of piperazine rings is 1. The first-order valence-electron chi connectivity index (χ1n) is 10.1. The van der Waals surface area contributed by atoms with E-state index in [1.54, 1.807) is 19.9 Å². The van der Waals surface area contributed by atoms with Crippen LogP contribution in [-0.4, -0.2) is 43.4 Å². The smallest absolute Gasteiger partial charge is 0.329 e. The van der Waals surface area contributed by atoms with Crippen molar-refractivity contribution in [3.05, 3.63) is 59.1 Å². The van der Waals surface area contributed by atoms with Crippen LogP contribution in [0.15, 0.2) is 48.5 Å². The van der Waals surface area contributed by atoms with Gasteiger partial charge in [-0.05, 0) is 29.8 Å². The van der Waals surface area contributed by atoms with E-state index in [-0.39, 0.29) is 6.42 Å². The third kappa shape index (κ3) is 2.85. The van der Waals surface area contributed by atoms with Crippen molar-refractivity contribution in [3.63, 3.8) is 0 Å². The number of ether oxygens (including phenoxy) is 2. The molecule has 0 bridgehead atoms. The van der Waals surface area contributed by atoms with E-state index in [4.69, 9.17) is 21.1 Å². The van der Waals surface area contributed by atoms with Crippen LogP contribution in [0.2, 0.25) is 5.02 Å². The zero-order valence-electron chi connectivity index (χ0n) is 16.9. The SMILES string of the molecule is CC1(C)OC(=O)C2(Cc3ccc(Cl)cc3N3CCN(c4ccccc4)CC32)C(=O)O1. The lowest BCUT2D eigenvalue weighted by molar-refractivity contribution is -0.253. The number of rotatable bonds is 1. The summed E-state index contributed by atoms with van der Waals surface area (Å²) in [6.45, 7) is 5.08. The fourth-order valence-electron chi connectivity index (χ4n) is 4.89. The number of cyclic esters (lactones) is 2. The van der Waals surface area contributed by atoms with Crippen LogP contribution in [0.3, 0.4) is 0 Å². The first kappa shape index (κ1) is 19.2. The van der Waals surface area contributed by atoms with Crippen molar-refractivity contribution in [3.8, 4) is 0 Å². The van der Waals surface area contributed by atoms with E-state index >= 15 is 0 Å². The number of halogens is 1. The molecule has 0 aliphatic carbocycles. The predicted octanol–water partition coefficient (Wildman–Crippen LogP) is 3.41. The molecular formula is C23H23ClN2O4. The molecule has 2 aromatic rings. The topological polar surface area (TPSA) is 59.1 Å². The maximum Gasteiger partial charge on any atom is 0.329 e. The van der Waals surface area contributed by atoms with Crippen molar-refractivity contribution in [1.29, 1.82) is 0 Å². The van der Waals surface area contributed by atoms with Crippen LogP contribution in [0.1, 0.15) is 19.4 Å². The summed E-state index contributed by atoms with van der Waals surface area (Å²) in [5, 5.41) is 0.629. The molecule has 2 fully saturated rings. The second kappa shape index (κ2) is 6.64. The highest BCUT2D eigenvalue weighted by molar-refractivity contribution is 6.31. The van der Waals surface area contributed by atoms with Gasteiger partial charge in [0.15, 0.2) is 5.41 Å². The molecule has 0 radical (unpaired) electrons. The first-order valence-corrected chi connectivity index (χ1v) is 10.5. The lowest BCUT2D eigenvalue weighted by atomic mass is 9.69.